The van der Waals surface area contributed by atoms with Crippen molar-refractivity contribution in [3.63, 3.8) is 0 Å². The van der Waals surface area contributed by atoms with Crippen LogP contribution in [0.3, 0.4) is 0 Å². The molecular formula is C20H29N3O5. The normalized spacial score (nSPS) is 16.9. The fraction of sp³-hybridized carbons (Fsp3) is 0.550. The summed E-state index contributed by atoms with van der Waals surface area (Å²) in [6.45, 7) is 3.54. The predicted octanol–water partition coefficient (Wildman–Crippen LogP) is 1.37. The van der Waals surface area contributed by atoms with Gasteiger partial charge in [-0.25, -0.2) is 0 Å². The Morgan fingerprint density at radius 2 is 2.11 bits per heavy atom. The highest BCUT2D eigenvalue weighted by molar-refractivity contribution is 5.94. The Kier molecular flexibility index (Phi) is 8.25. The number of rotatable bonds is 8. The molecule has 0 unspecified atom stereocenters. The number of benzene rings is 1. The van der Waals surface area contributed by atoms with Crippen LogP contribution < -0.4 is 10.1 Å². The molecule has 0 aliphatic carbocycles. The molecule has 0 radical (unpaired) electrons. The Hall–Kier alpha value is -2.61. The average molecular weight is 391 g/mol. The Morgan fingerprint density at radius 1 is 1.32 bits per heavy atom. The number of esters is 1. The van der Waals surface area contributed by atoms with Crippen molar-refractivity contribution in [3.8, 4) is 5.75 Å². The highest BCUT2D eigenvalue weighted by atomic mass is 16.5. The van der Waals surface area contributed by atoms with Crippen LogP contribution in [0, 0.1) is 5.92 Å². The third-order valence-corrected chi connectivity index (χ3v) is 4.64. The third-order valence-electron chi connectivity index (χ3n) is 4.64. The van der Waals surface area contributed by atoms with E-state index in [1.165, 1.54) is 4.90 Å². The van der Waals surface area contributed by atoms with Gasteiger partial charge in [0.05, 0.1) is 32.7 Å². The number of carbonyl (C=O) groups excluding carboxylic acids is 3. The minimum atomic E-state index is -0.285. The van der Waals surface area contributed by atoms with Gasteiger partial charge in [-0.3, -0.25) is 19.3 Å². The van der Waals surface area contributed by atoms with Crippen LogP contribution >= 0.6 is 0 Å². The summed E-state index contributed by atoms with van der Waals surface area (Å²) >= 11 is 0. The van der Waals surface area contributed by atoms with Gasteiger partial charge in [0.2, 0.25) is 11.8 Å². The van der Waals surface area contributed by atoms with Crippen LogP contribution in [-0.4, -0.2) is 74.5 Å². The van der Waals surface area contributed by atoms with Crippen LogP contribution in [0.4, 0.5) is 5.69 Å². The number of hydrogen-bond donors (Lipinski definition) is 1. The summed E-state index contributed by atoms with van der Waals surface area (Å²) in [5.41, 5.74) is 0.610. The molecule has 1 atom stereocenters. The standard InChI is InChI=1S/C20H29N3O5/c1-4-28-20(26)15-7-6-10-23(12-15)14-19(25)22(2)13-18(24)21-16-8-5-9-17(11-16)27-3/h5,8-9,11,15H,4,6-7,10,12-14H2,1-3H3,(H,21,24)/t15-/m1/s1. The number of likely N-dealkylation sites (N-methyl/N-ethyl adjacent to an activating group) is 1. The number of piperidine rings is 1. The van der Waals surface area contributed by atoms with E-state index in [0.717, 1.165) is 19.4 Å². The smallest absolute Gasteiger partial charge is 0.310 e. The average Bonchev–Trinajstić information content (AvgIpc) is 2.68. The second-order valence-corrected chi connectivity index (χ2v) is 6.86. The molecule has 1 N–H and O–H groups in total. The molecule has 154 valence electrons. The summed E-state index contributed by atoms with van der Waals surface area (Å²) in [4.78, 5) is 39.9. The molecule has 2 amide bonds. The van der Waals surface area contributed by atoms with Crippen molar-refractivity contribution >= 4 is 23.5 Å². The van der Waals surface area contributed by atoms with E-state index in [4.69, 9.17) is 9.47 Å². The van der Waals surface area contributed by atoms with Crippen molar-refractivity contribution in [2.45, 2.75) is 19.8 Å². The van der Waals surface area contributed by atoms with E-state index in [9.17, 15) is 14.4 Å². The van der Waals surface area contributed by atoms with E-state index in [1.54, 1.807) is 45.3 Å². The fourth-order valence-electron chi connectivity index (χ4n) is 3.17. The number of carbonyl (C=O) groups is 3. The maximum absolute atomic E-state index is 12.5. The first kappa shape index (κ1) is 21.7. The lowest BCUT2D eigenvalue weighted by Gasteiger charge is -2.32. The zero-order valence-corrected chi connectivity index (χ0v) is 16.8. The first-order valence-corrected chi connectivity index (χ1v) is 9.49. The van der Waals surface area contributed by atoms with E-state index < -0.39 is 0 Å². The van der Waals surface area contributed by atoms with Gasteiger partial charge >= 0.3 is 5.97 Å². The molecule has 1 aromatic carbocycles. The second-order valence-electron chi connectivity index (χ2n) is 6.86. The van der Waals surface area contributed by atoms with Gasteiger partial charge in [0.15, 0.2) is 0 Å². The van der Waals surface area contributed by atoms with Gasteiger partial charge in [-0.05, 0) is 38.4 Å². The molecule has 1 aliphatic heterocycles. The lowest BCUT2D eigenvalue weighted by atomic mass is 9.98. The minimum Gasteiger partial charge on any atom is -0.497 e. The quantitative estimate of drug-likeness (QED) is 0.674. The molecule has 0 bridgehead atoms. The van der Waals surface area contributed by atoms with Crippen molar-refractivity contribution < 1.29 is 23.9 Å². The third kappa shape index (κ3) is 6.53. The summed E-state index contributed by atoms with van der Waals surface area (Å²) in [6, 6.07) is 7.03. The first-order chi connectivity index (χ1) is 13.4. The molecule has 1 aliphatic rings. The van der Waals surface area contributed by atoms with Crippen LogP contribution in [0.25, 0.3) is 0 Å². The van der Waals surface area contributed by atoms with E-state index in [2.05, 4.69) is 5.32 Å². The van der Waals surface area contributed by atoms with Crippen LogP contribution in [0.1, 0.15) is 19.8 Å². The predicted molar refractivity (Wildman–Crippen MR) is 105 cm³/mol. The van der Waals surface area contributed by atoms with Gasteiger partial charge < -0.3 is 19.7 Å². The molecule has 0 saturated carbocycles. The van der Waals surface area contributed by atoms with Gasteiger partial charge in [0, 0.05) is 25.3 Å². The van der Waals surface area contributed by atoms with Crippen molar-refractivity contribution in [1.29, 1.82) is 0 Å². The lowest BCUT2D eigenvalue weighted by Crippen LogP contribution is -2.46. The number of amides is 2. The van der Waals surface area contributed by atoms with E-state index in [0.29, 0.717) is 24.6 Å². The maximum atomic E-state index is 12.5. The van der Waals surface area contributed by atoms with Crippen molar-refractivity contribution in [2.24, 2.45) is 5.92 Å². The molecule has 0 aromatic heterocycles. The SMILES string of the molecule is CCOC(=O)[C@@H]1CCCN(CC(=O)N(C)CC(=O)Nc2cccc(OC)c2)C1. The van der Waals surface area contributed by atoms with Gasteiger partial charge in [-0.15, -0.1) is 0 Å². The molecule has 1 heterocycles. The van der Waals surface area contributed by atoms with Gasteiger partial charge in [0.1, 0.15) is 5.75 Å². The molecule has 8 nitrogen and oxygen atoms in total. The number of anilines is 1. The van der Waals surface area contributed by atoms with Gasteiger partial charge in [-0.2, -0.15) is 0 Å². The molecular weight excluding hydrogens is 362 g/mol. The molecule has 0 spiro atoms. The zero-order valence-electron chi connectivity index (χ0n) is 16.8. The number of methoxy groups -OCH3 is 1. The summed E-state index contributed by atoms with van der Waals surface area (Å²) in [7, 11) is 3.15. The Bertz CT molecular complexity index is 694. The Balaban J connectivity index is 1.81. The van der Waals surface area contributed by atoms with Crippen molar-refractivity contribution in [1.82, 2.24) is 9.80 Å². The van der Waals surface area contributed by atoms with Crippen molar-refractivity contribution in [3.05, 3.63) is 24.3 Å². The van der Waals surface area contributed by atoms with E-state index in [-0.39, 0.29) is 36.8 Å². The zero-order chi connectivity index (χ0) is 20.5. The first-order valence-electron chi connectivity index (χ1n) is 9.49. The highest BCUT2D eigenvalue weighted by Crippen LogP contribution is 2.18. The fourth-order valence-corrected chi connectivity index (χ4v) is 3.17. The summed E-state index contributed by atoms with van der Waals surface area (Å²) in [5.74, 6) is -0.199. The molecule has 2 rings (SSSR count). The van der Waals surface area contributed by atoms with Gasteiger partial charge in [0.25, 0.3) is 0 Å². The van der Waals surface area contributed by atoms with Crippen LogP contribution in [0.5, 0.6) is 5.75 Å². The van der Waals surface area contributed by atoms with Crippen LogP contribution in [0.15, 0.2) is 24.3 Å². The summed E-state index contributed by atoms with van der Waals surface area (Å²) in [5, 5.41) is 2.75. The molecule has 8 heteroatoms. The molecule has 1 fully saturated rings. The molecule has 1 saturated heterocycles. The molecule has 28 heavy (non-hydrogen) atoms. The van der Waals surface area contributed by atoms with Crippen molar-refractivity contribution in [2.75, 3.05) is 52.3 Å². The Morgan fingerprint density at radius 3 is 2.82 bits per heavy atom. The Labute approximate surface area is 165 Å². The summed E-state index contributed by atoms with van der Waals surface area (Å²) < 4.78 is 10.2. The monoisotopic (exact) mass is 391 g/mol. The number of nitrogens with one attached hydrogen (secondary N) is 1. The lowest BCUT2D eigenvalue weighted by molar-refractivity contribution is -0.150. The number of ether oxygens (including phenoxy) is 2. The topological polar surface area (TPSA) is 88.2 Å². The van der Waals surface area contributed by atoms with Crippen LogP contribution in [0.2, 0.25) is 0 Å². The van der Waals surface area contributed by atoms with Crippen LogP contribution in [-0.2, 0) is 19.1 Å². The van der Waals surface area contributed by atoms with E-state index >= 15 is 0 Å². The molecule has 1 aromatic rings. The highest BCUT2D eigenvalue weighted by Gasteiger charge is 2.28. The minimum absolute atomic E-state index is 0.0504. The number of hydrogen-bond acceptors (Lipinski definition) is 6. The summed E-state index contributed by atoms with van der Waals surface area (Å²) in [6.07, 6.45) is 1.62. The second kappa shape index (κ2) is 10.7. The maximum Gasteiger partial charge on any atom is 0.310 e. The number of nitrogens with zero attached hydrogens (tertiary/aromatic N) is 2. The van der Waals surface area contributed by atoms with E-state index in [1.807, 2.05) is 4.90 Å². The largest absolute Gasteiger partial charge is 0.497 e. The number of likely N-dealkylation sites (tertiary alicyclic amines) is 1. The van der Waals surface area contributed by atoms with Gasteiger partial charge in [-0.1, -0.05) is 6.07 Å².